The Morgan fingerprint density at radius 1 is 0.552 bits per heavy atom. The molecule has 0 aliphatic carbocycles. The van der Waals surface area contributed by atoms with E-state index in [9.17, 15) is 0 Å². The van der Waals surface area contributed by atoms with Crippen LogP contribution in [0.15, 0.2) is 68.3 Å². The van der Waals surface area contributed by atoms with Crippen LogP contribution in [-0.2, 0) is 0 Å². The van der Waals surface area contributed by atoms with E-state index >= 15 is 0 Å². The lowest BCUT2D eigenvalue weighted by Crippen LogP contribution is -2.35. The van der Waals surface area contributed by atoms with Gasteiger partial charge >= 0.3 is 0 Å². The van der Waals surface area contributed by atoms with Crippen LogP contribution in [-0.4, -0.2) is 87.9 Å². The molecule has 0 spiro atoms. The van der Waals surface area contributed by atoms with E-state index in [2.05, 4.69) is 12.1 Å². The number of guanidine groups is 2. The third-order valence-corrected chi connectivity index (χ3v) is 5.12. The fraction of sp³-hybridized carbons (Fsp3) is 0.364. The van der Waals surface area contributed by atoms with Gasteiger partial charge in [0.1, 0.15) is 0 Å². The van der Waals surface area contributed by atoms with Gasteiger partial charge in [-0.05, 0) is 24.3 Å². The summed E-state index contributed by atoms with van der Waals surface area (Å²) in [5, 5.41) is 0. The number of hydrogen-bond donors (Lipinski definition) is 0. The second kappa shape index (κ2) is 10.2. The number of hydrogen-bond acceptors (Lipinski definition) is 3. The summed E-state index contributed by atoms with van der Waals surface area (Å²) in [4.78, 5) is 20.0. The van der Waals surface area contributed by atoms with E-state index in [4.69, 9.17) is 9.98 Å². The molecule has 6 nitrogen and oxygen atoms in total. The van der Waals surface area contributed by atoms with E-state index in [-0.39, 0.29) is 0 Å². The summed E-state index contributed by atoms with van der Waals surface area (Å²) in [7, 11) is 16.0. The Bertz CT molecular complexity index is 780. The minimum absolute atomic E-state index is 0.895. The zero-order valence-electron chi connectivity index (χ0n) is 18.7. The van der Waals surface area contributed by atoms with Crippen LogP contribution >= 0.6 is 11.8 Å². The van der Waals surface area contributed by atoms with Crippen molar-refractivity contribution < 1.29 is 0 Å². The van der Waals surface area contributed by atoms with Gasteiger partial charge < -0.3 is 19.6 Å². The van der Waals surface area contributed by atoms with Crippen molar-refractivity contribution in [2.45, 2.75) is 9.79 Å². The molecule has 0 heterocycles. The minimum atomic E-state index is 0.895. The zero-order valence-corrected chi connectivity index (χ0v) is 19.5. The second-order valence-corrected chi connectivity index (χ2v) is 8.52. The molecule has 0 N–H and O–H groups in total. The maximum absolute atomic E-state index is 4.90. The molecule has 0 amide bonds. The lowest BCUT2D eigenvalue weighted by molar-refractivity contribution is 0.484. The monoisotopic (exact) mass is 412 g/mol. The molecule has 0 fully saturated rings. The van der Waals surface area contributed by atoms with Crippen molar-refractivity contribution in [2.75, 3.05) is 56.4 Å². The normalized spacial score (nSPS) is 10.2. The van der Waals surface area contributed by atoms with E-state index in [0.29, 0.717) is 0 Å². The van der Waals surface area contributed by atoms with Crippen LogP contribution in [0, 0.1) is 0 Å². The van der Waals surface area contributed by atoms with Crippen molar-refractivity contribution in [1.82, 2.24) is 19.6 Å². The molecule has 0 atom stereocenters. The van der Waals surface area contributed by atoms with Crippen LogP contribution in [0.3, 0.4) is 0 Å². The second-order valence-electron chi connectivity index (χ2n) is 7.44. The molecular weight excluding hydrogens is 380 g/mol. The standard InChI is InChI=1S/C22H32N6S/c1-25(2)21(26(3)4)23-17-13-9-11-15-19(17)29-20-16-12-10-14-18(20)24-22(27(5)6)28(7)8/h9-16H,1-8H3. The molecule has 0 aliphatic heterocycles. The zero-order chi connectivity index (χ0) is 21.6. The van der Waals surface area contributed by atoms with Crippen molar-refractivity contribution in [3.63, 3.8) is 0 Å². The van der Waals surface area contributed by atoms with Crippen LogP contribution in [0.2, 0.25) is 0 Å². The highest BCUT2D eigenvalue weighted by Crippen LogP contribution is 2.39. The third-order valence-electron chi connectivity index (χ3n) is 3.99. The van der Waals surface area contributed by atoms with E-state index in [1.54, 1.807) is 11.8 Å². The summed E-state index contributed by atoms with van der Waals surface area (Å²) >= 11 is 1.68. The quantitative estimate of drug-likeness (QED) is 0.559. The highest BCUT2D eigenvalue weighted by Gasteiger charge is 2.12. The Labute approximate surface area is 179 Å². The van der Waals surface area contributed by atoms with Gasteiger partial charge in [0.25, 0.3) is 0 Å². The number of benzene rings is 2. The maximum Gasteiger partial charge on any atom is 0.200 e. The Morgan fingerprint density at radius 2 is 0.862 bits per heavy atom. The third kappa shape index (κ3) is 6.15. The fourth-order valence-electron chi connectivity index (χ4n) is 2.81. The summed E-state index contributed by atoms with van der Waals surface area (Å²) in [6.07, 6.45) is 0. The first-order valence-corrected chi connectivity index (χ1v) is 10.2. The van der Waals surface area contributed by atoms with Gasteiger partial charge in [0.15, 0.2) is 0 Å². The van der Waals surface area contributed by atoms with Gasteiger partial charge in [0, 0.05) is 66.2 Å². The van der Waals surface area contributed by atoms with Gasteiger partial charge in [-0.2, -0.15) is 0 Å². The number of aliphatic imine (C=N–C) groups is 2. The number of para-hydroxylation sites is 2. The molecule has 0 radical (unpaired) electrons. The van der Waals surface area contributed by atoms with Gasteiger partial charge in [-0.15, -0.1) is 0 Å². The van der Waals surface area contributed by atoms with Gasteiger partial charge in [-0.25, -0.2) is 9.98 Å². The minimum Gasteiger partial charge on any atom is -0.349 e. The summed E-state index contributed by atoms with van der Waals surface area (Å²) in [5.74, 6) is 1.79. The first kappa shape index (κ1) is 22.6. The van der Waals surface area contributed by atoms with Gasteiger partial charge in [-0.3, -0.25) is 0 Å². The lowest BCUT2D eigenvalue weighted by Gasteiger charge is -2.23. The van der Waals surface area contributed by atoms with Crippen LogP contribution in [0.4, 0.5) is 11.4 Å². The summed E-state index contributed by atoms with van der Waals surface area (Å²) < 4.78 is 0. The molecule has 156 valence electrons. The SMILES string of the molecule is CN(C)C(=Nc1ccccc1Sc1ccccc1N=C(N(C)C)N(C)C)N(C)C. The Kier molecular flexibility index (Phi) is 7.96. The number of nitrogens with zero attached hydrogens (tertiary/aromatic N) is 6. The highest BCUT2D eigenvalue weighted by molar-refractivity contribution is 7.99. The molecule has 2 rings (SSSR count). The fourth-order valence-corrected chi connectivity index (χ4v) is 3.77. The van der Waals surface area contributed by atoms with E-state index in [1.165, 1.54) is 0 Å². The van der Waals surface area contributed by atoms with Gasteiger partial charge in [0.05, 0.1) is 11.4 Å². The van der Waals surface area contributed by atoms with Crippen LogP contribution < -0.4 is 0 Å². The van der Waals surface area contributed by atoms with Gasteiger partial charge in [-0.1, -0.05) is 36.0 Å². The van der Waals surface area contributed by atoms with Crippen molar-refractivity contribution in [3.05, 3.63) is 48.5 Å². The van der Waals surface area contributed by atoms with Crippen molar-refractivity contribution in [1.29, 1.82) is 0 Å². The molecule has 0 saturated heterocycles. The first-order valence-electron chi connectivity index (χ1n) is 9.43. The Balaban J connectivity index is 2.47. The molecule has 0 aliphatic rings. The van der Waals surface area contributed by atoms with Crippen molar-refractivity contribution >= 4 is 35.1 Å². The van der Waals surface area contributed by atoms with Crippen molar-refractivity contribution in [3.8, 4) is 0 Å². The van der Waals surface area contributed by atoms with Crippen LogP contribution in [0.1, 0.15) is 0 Å². The lowest BCUT2D eigenvalue weighted by atomic mass is 10.3. The predicted molar refractivity (Wildman–Crippen MR) is 126 cm³/mol. The molecular formula is C22H32N6S. The van der Waals surface area contributed by atoms with Crippen molar-refractivity contribution in [2.24, 2.45) is 9.98 Å². The molecule has 29 heavy (non-hydrogen) atoms. The Hall–Kier alpha value is -2.67. The summed E-state index contributed by atoms with van der Waals surface area (Å²) in [6, 6.07) is 16.4. The summed E-state index contributed by atoms with van der Waals surface area (Å²) in [5.41, 5.74) is 1.88. The predicted octanol–water partition coefficient (Wildman–Crippen LogP) is 4.06. The number of rotatable bonds is 4. The summed E-state index contributed by atoms with van der Waals surface area (Å²) in [6.45, 7) is 0. The average molecular weight is 413 g/mol. The topological polar surface area (TPSA) is 37.7 Å². The average Bonchev–Trinajstić information content (AvgIpc) is 2.65. The Morgan fingerprint density at radius 3 is 1.17 bits per heavy atom. The van der Waals surface area contributed by atoms with Crippen LogP contribution in [0.5, 0.6) is 0 Å². The molecule has 0 saturated carbocycles. The van der Waals surface area contributed by atoms with E-state index in [0.717, 1.165) is 33.1 Å². The molecule has 0 aromatic heterocycles. The molecule has 2 aromatic carbocycles. The highest BCUT2D eigenvalue weighted by atomic mass is 32.2. The van der Waals surface area contributed by atoms with E-state index in [1.807, 2.05) is 112 Å². The molecule has 2 aromatic rings. The largest absolute Gasteiger partial charge is 0.349 e. The van der Waals surface area contributed by atoms with Gasteiger partial charge in [0.2, 0.25) is 11.9 Å². The molecule has 7 heteroatoms. The smallest absolute Gasteiger partial charge is 0.200 e. The van der Waals surface area contributed by atoms with E-state index < -0.39 is 0 Å². The van der Waals surface area contributed by atoms with Crippen LogP contribution in [0.25, 0.3) is 0 Å². The molecule has 0 unspecified atom stereocenters. The molecule has 0 bridgehead atoms. The maximum atomic E-state index is 4.90. The first-order chi connectivity index (χ1) is 13.7.